The second-order valence-corrected chi connectivity index (χ2v) is 7.42. The Bertz CT molecular complexity index is 1180. The highest BCUT2D eigenvalue weighted by Crippen LogP contribution is 2.24. The largest absolute Gasteiger partial charge is 0.479 e. The third kappa shape index (κ3) is 5.13. The molecule has 2 amide bonds. The maximum atomic E-state index is 14.3. The number of hydrogen-bond acceptors (Lipinski definition) is 5. The first-order valence-corrected chi connectivity index (χ1v) is 9.91. The van der Waals surface area contributed by atoms with E-state index in [0.717, 1.165) is 6.07 Å². The van der Waals surface area contributed by atoms with E-state index in [9.17, 15) is 19.2 Å². The second-order valence-electron chi connectivity index (χ2n) is 7.42. The zero-order valence-electron chi connectivity index (χ0n) is 17.8. The minimum Gasteiger partial charge on any atom is -0.479 e. The predicted molar refractivity (Wildman–Crippen MR) is 117 cm³/mol. The van der Waals surface area contributed by atoms with Crippen molar-refractivity contribution in [1.29, 1.82) is 5.26 Å². The van der Waals surface area contributed by atoms with E-state index in [1.54, 1.807) is 31.2 Å². The monoisotopic (exact) mass is 435 g/mol. The van der Waals surface area contributed by atoms with Gasteiger partial charge in [0.1, 0.15) is 23.4 Å². The summed E-state index contributed by atoms with van der Waals surface area (Å²) in [5, 5.41) is 14.4. The van der Waals surface area contributed by atoms with Crippen molar-refractivity contribution >= 4 is 23.2 Å². The summed E-state index contributed by atoms with van der Waals surface area (Å²) >= 11 is 0. The SMILES string of the molecule is Cc1occc1C(=O)Nc1cc(NC(=O)C(Oc2ccccc2C#N)C(C)C)ccc1F. The van der Waals surface area contributed by atoms with Crippen molar-refractivity contribution in [3.05, 3.63) is 77.5 Å². The first kappa shape index (κ1) is 22.6. The van der Waals surface area contributed by atoms with E-state index in [1.165, 1.54) is 24.5 Å². The van der Waals surface area contributed by atoms with E-state index in [0.29, 0.717) is 17.1 Å². The molecule has 0 fully saturated rings. The first-order chi connectivity index (χ1) is 15.3. The number of anilines is 2. The van der Waals surface area contributed by atoms with Gasteiger partial charge in [-0.25, -0.2) is 4.39 Å². The van der Waals surface area contributed by atoms with Crippen LogP contribution in [-0.4, -0.2) is 17.9 Å². The average Bonchev–Trinajstić information content (AvgIpc) is 3.20. The molecule has 0 saturated carbocycles. The van der Waals surface area contributed by atoms with Gasteiger partial charge in [-0.3, -0.25) is 9.59 Å². The highest BCUT2D eigenvalue weighted by Gasteiger charge is 2.26. The zero-order chi connectivity index (χ0) is 23.3. The summed E-state index contributed by atoms with van der Waals surface area (Å²) < 4.78 is 25.2. The van der Waals surface area contributed by atoms with Crippen LogP contribution in [0.25, 0.3) is 0 Å². The number of nitriles is 1. The van der Waals surface area contributed by atoms with E-state index in [4.69, 9.17) is 9.15 Å². The molecule has 0 saturated heterocycles. The molecule has 0 aliphatic carbocycles. The maximum Gasteiger partial charge on any atom is 0.265 e. The molecule has 164 valence electrons. The lowest BCUT2D eigenvalue weighted by Crippen LogP contribution is -2.37. The molecule has 2 aromatic carbocycles. The molecule has 0 aliphatic rings. The molecule has 0 bridgehead atoms. The Labute approximate surface area is 184 Å². The normalized spacial score (nSPS) is 11.5. The Morgan fingerprint density at radius 3 is 2.53 bits per heavy atom. The van der Waals surface area contributed by atoms with Crippen LogP contribution in [0.5, 0.6) is 5.75 Å². The predicted octanol–water partition coefficient (Wildman–Crippen LogP) is 4.89. The second kappa shape index (κ2) is 9.79. The molecule has 7 nitrogen and oxygen atoms in total. The van der Waals surface area contributed by atoms with Gasteiger partial charge in [0.2, 0.25) is 0 Å². The first-order valence-electron chi connectivity index (χ1n) is 9.91. The fourth-order valence-corrected chi connectivity index (χ4v) is 3.01. The van der Waals surface area contributed by atoms with Gasteiger partial charge in [-0.05, 0) is 49.2 Å². The number of carbonyl (C=O) groups is 2. The molecule has 0 radical (unpaired) electrons. The number of nitrogens with zero attached hydrogens (tertiary/aromatic N) is 1. The Balaban J connectivity index is 1.77. The van der Waals surface area contributed by atoms with E-state index in [1.807, 2.05) is 19.9 Å². The quantitative estimate of drug-likeness (QED) is 0.550. The van der Waals surface area contributed by atoms with Crippen molar-refractivity contribution in [3.8, 4) is 11.8 Å². The average molecular weight is 435 g/mol. The van der Waals surface area contributed by atoms with Crippen molar-refractivity contribution in [2.24, 2.45) is 5.92 Å². The number of halogens is 1. The Morgan fingerprint density at radius 1 is 1.12 bits per heavy atom. The number of hydrogen-bond donors (Lipinski definition) is 2. The number of benzene rings is 2. The van der Waals surface area contributed by atoms with Crippen LogP contribution in [0, 0.1) is 30.0 Å². The number of ether oxygens (including phenoxy) is 1. The molecular formula is C24H22FN3O4. The van der Waals surface area contributed by atoms with Crippen molar-refractivity contribution in [1.82, 2.24) is 0 Å². The maximum absolute atomic E-state index is 14.3. The molecule has 1 unspecified atom stereocenters. The van der Waals surface area contributed by atoms with Crippen LogP contribution in [-0.2, 0) is 4.79 Å². The van der Waals surface area contributed by atoms with Crippen molar-refractivity contribution in [2.75, 3.05) is 10.6 Å². The van der Waals surface area contributed by atoms with Gasteiger partial charge >= 0.3 is 0 Å². The lowest BCUT2D eigenvalue weighted by Gasteiger charge is -2.22. The van der Waals surface area contributed by atoms with Gasteiger partial charge in [0.15, 0.2) is 6.10 Å². The summed E-state index contributed by atoms with van der Waals surface area (Å²) in [6.07, 6.45) is 0.467. The third-order valence-corrected chi connectivity index (χ3v) is 4.71. The summed E-state index contributed by atoms with van der Waals surface area (Å²) in [4.78, 5) is 25.3. The number of aryl methyl sites for hydroxylation is 1. The molecule has 3 rings (SSSR count). The molecule has 8 heteroatoms. The number of para-hydroxylation sites is 1. The summed E-state index contributed by atoms with van der Waals surface area (Å²) in [6, 6.07) is 14.0. The van der Waals surface area contributed by atoms with Gasteiger partial charge in [0.05, 0.1) is 23.1 Å². The lowest BCUT2D eigenvalue weighted by molar-refractivity contribution is -0.124. The lowest BCUT2D eigenvalue weighted by atomic mass is 10.1. The van der Waals surface area contributed by atoms with Gasteiger partial charge in [0.25, 0.3) is 11.8 Å². The van der Waals surface area contributed by atoms with Crippen molar-refractivity contribution in [3.63, 3.8) is 0 Å². The molecule has 1 aromatic heterocycles. The molecule has 2 N–H and O–H groups in total. The molecule has 0 spiro atoms. The Morgan fingerprint density at radius 2 is 1.88 bits per heavy atom. The molecule has 32 heavy (non-hydrogen) atoms. The molecule has 3 aromatic rings. The Kier molecular flexibility index (Phi) is 6.90. The van der Waals surface area contributed by atoms with Crippen LogP contribution in [0.15, 0.2) is 59.2 Å². The van der Waals surface area contributed by atoms with Crippen molar-refractivity contribution in [2.45, 2.75) is 26.9 Å². The van der Waals surface area contributed by atoms with Crippen molar-refractivity contribution < 1.29 is 23.1 Å². The van der Waals surface area contributed by atoms with Gasteiger partial charge in [-0.2, -0.15) is 5.26 Å². The van der Waals surface area contributed by atoms with E-state index in [-0.39, 0.29) is 22.9 Å². The van der Waals surface area contributed by atoms with E-state index < -0.39 is 23.7 Å². The van der Waals surface area contributed by atoms with Crippen LogP contribution in [0.3, 0.4) is 0 Å². The van der Waals surface area contributed by atoms with Crippen LogP contribution in [0.4, 0.5) is 15.8 Å². The number of furan rings is 1. The smallest absolute Gasteiger partial charge is 0.265 e. The zero-order valence-corrected chi connectivity index (χ0v) is 17.8. The minimum atomic E-state index is -0.902. The number of carbonyl (C=O) groups excluding carboxylic acids is 2. The van der Waals surface area contributed by atoms with Crippen LogP contribution in [0.2, 0.25) is 0 Å². The molecular weight excluding hydrogens is 413 g/mol. The fourth-order valence-electron chi connectivity index (χ4n) is 3.01. The highest BCUT2D eigenvalue weighted by atomic mass is 19.1. The van der Waals surface area contributed by atoms with Gasteiger partial charge < -0.3 is 19.8 Å². The summed E-state index contributed by atoms with van der Waals surface area (Å²) in [5.41, 5.74) is 0.777. The van der Waals surface area contributed by atoms with E-state index >= 15 is 0 Å². The van der Waals surface area contributed by atoms with Crippen LogP contribution >= 0.6 is 0 Å². The highest BCUT2D eigenvalue weighted by molar-refractivity contribution is 6.05. The van der Waals surface area contributed by atoms with Crippen LogP contribution in [0.1, 0.15) is 35.5 Å². The molecule has 1 atom stereocenters. The molecule has 1 heterocycles. The van der Waals surface area contributed by atoms with Gasteiger partial charge in [0, 0.05) is 5.69 Å². The minimum absolute atomic E-state index is 0.0924. The van der Waals surface area contributed by atoms with Crippen LogP contribution < -0.4 is 15.4 Å². The topological polar surface area (TPSA) is 104 Å². The standard InChI is InChI=1S/C24H22FN3O4/c1-14(2)22(32-21-7-5-4-6-16(21)13-26)24(30)27-17-8-9-19(25)20(12-17)28-23(29)18-10-11-31-15(18)3/h4-12,14,22H,1-3H3,(H,27,30)(H,28,29). The van der Waals surface area contributed by atoms with Gasteiger partial charge in [-0.1, -0.05) is 26.0 Å². The van der Waals surface area contributed by atoms with Gasteiger partial charge in [-0.15, -0.1) is 0 Å². The summed E-state index contributed by atoms with van der Waals surface area (Å²) in [6.45, 7) is 5.24. The number of amides is 2. The number of nitrogens with one attached hydrogen (secondary N) is 2. The third-order valence-electron chi connectivity index (χ3n) is 4.71. The summed E-state index contributed by atoms with van der Waals surface area (Å²) in [5.74, 6) is -1.17. The summed E-state index contributed by atoms with van der Waals surface area (Å²) in [7, 11) is 0. The number of rotatable bonds is 7. The Hall–Kier alpha value is -4.12. The fraction of sp³-hybridized carbons (Fsp3) is 0.208. The van der Waals surface area contributed by atoms with E-state index in [2.05, 4.69) is 10.6 Å². The molecule has 0 aliphatic heterocycles.